The summed E-state index contributed by atoms with van der Waals surface area (Å²) in [4.78, 5) is 5.79. The number of thiazole rings is 1. The zero-order chi connectivity index (χ0) is 13.4. The number of halogens is 2. The molecule has 0 aliphatic rings. The van der Waals surface area contributed by atoms with Gasteiger partial charge in [0.25, 0.3) is 6.43 Å². The van der Waals surface area contributed by atoms with Gasteiger partial charge in [-0.3, -0.25) is 0 Å². The van der Waals surface area contributed by atoms with Gasteiger partial charge in [0.2, 0.25) is 0 Å². The van der Waals surface area contributed by atoms with Crippen LogP contribution in [0, 0.1) is 0 Å². The van der Waals surface area contributed by atoms with E-state index in [2.05, 4.69) is 17.2 Å². The van der Waals surface area contributed by atoms with E-state index in [0.717, 1.165) is 30.1 Å². The van der Waals surface area contributed by atoms with E-state index >= 15 is 0 Å². The summed E-state index contributed by atoms with van der Waals surface area (Å²) in [5.74, 6) is 0. The van der Waals surface area contributed by atoms with Crippen LogP contribution < -0.4 is 5.32 Å². The summed E-state index contributed by atoms with van der Waals surface area (Å²) in [6.45, 7) is 2.75. The van der Waals surface area contributed by atoms with Gasteiger partial charge in [0.05, 0.1) is 17.3 Å². The number of ether oxygens (including phenoxy) is 1. The number of rotatable bonds is 9. The zero-order valence-electron chi connectivity index (χ0n) is 10.8. The fourth-order valence-electron chi connectivity index (χ4n) is 1.61. The highest BCUT2D eigenvalue weighted by molar-refractivity contribution is 7.11. The second-order valence-electron chi connectivity index (χ2n) is 3.97. The minimum atomic E-state index is -2.39. The van der Waals surface area contributed by atoms with Gasteiger partial charge in [0.15, 0.2) is 0 Å². The molecule has 0 atom stereocenters. The Kier molecular flexibility index (Phi) is 7.31. The molecule has 0 radical (unpaired) electrons. The van der Waals surface area contributed by atoms with Crippen molar-refractivity contribution in [1.29, 1.82) is 0 Å². The highest BCUT2D eigenvalue weighted by Gasteiger charge is 2.10. The molecule has 1 N–H and O–H groups in total. The average Bonchev–Trinajstić information content (AvgIpc) is 2.68. The summed E-state index contributed by atoms with van der Waals surface area (Å²) < 4.78 is 28.6. The summed E-state index contributed by atoms with van der Waals surface area (Å²) >= 11 is 1.64. The third-order valence-electron chi connectivity index (χ3n) is 2.35. The van der Waals surface area contributed by atoms with Gasteiger partial charge in [-0.2, -0.15) is 0 Å². The van der Waals surface area contributed by atoms with Crippen molar-refractivity contribution >= 4 is 11.3 Å². The predicted octanol–water partition coefficient (Wildman–Crippen LogP) is 2.64. The van der Waals surface area contributed by atoms with E-state index < -0.39 is 13.0 Å². The van der Waals surface area contributed by atoms with Crippen LogP contribution in [0.3, 0.4) is 0 Å². The molecular formula is C12H20F2N2OS. The Labute approximate surface area is 111 Å². The van der Waals surface area contributed by atoms with Gasteiger partial charge in [-0.15, -0.1) is 11.3 Å². The minimum Gasteiger partial charge on any atom is -0.375 e. The summed E-state index contributed by atoms with van der Waals surface area (Å²) in [6, 6.07) is 0. The number of hydrogen-bond donors (Lipinski definition) is 1. The summed E-state index contributed by atoms with van der Waals surface area (Å²) in [5.41, 5.74) is 1.13. The molecule has 104 valence electrons. The Balaban J connectivity index is 2.47. The lowest BCUT2D eigenvalue weighted by Crippen LogP contribution is -2.07. The number of nitrogens with one attached hydrogen (secondary N) is 1. The standard InChI is InChI=1S/C12H20F2N2OS/c1-3-4-9-10(7-15-2)18-12(16-9)5-6-17-8-11(13)14/h11,15H,3-8H2,1-2H3. The molecule has 1 heterocycles. The van der Waals surface area contributed by atoms with Gasteiger partial charge >= 0.3 is 0 Å². The Bertz CT molecular complexity index is 321. The largest absolute Gasteiger partial charge is 0.375 e. The number of hydrogen-bond acceptors (Lipinski definition) is 4. The van der Waals surface area contributed by atoms with E-state index in [-0.39, 0.29) is 0 Å². The van der Waals surface area contributed by atoms with E-state index in [1.54, 1.807) is 11.3 Å². The summed E-state index contributed by atoms with van der Waals surface area (Å²) in [5, 5.41) is 4.09. The van der Waals surface area contributed by atoms with Gasteiger partial charge < -0.3 is 10.1 Å². The topological polar surface area (TPSA) is 34.1 Å². The van der Waals surface area contributed by atoms with Crippen molar-refractivity contribution in [1.82, 2.24) is 10.3 Å². The lowest BCUT2D eigenvalue weighted by molar-refractivity contribution is 0.0187. The molecule has 0 aliphatic carbocycles. The first-order valence-corrected chi connectivity index (χ1v) is 6.97. The lowest BCUT2D eigenvalue weighted by Gasteiger charge is -2.00. The van der Waals surface area contributed by atoms with Crippen LogP contribution in [0.1, 0.15) is 28.9 Å². The first-order chi connectivity index (χ1) is 8.67. The highest BCUT2D eigenvalue weighted by Crippen LogP contribution is 2.20. The molecule has 0 aliphatic heterocycles. The van der Waals surface area contributed by atoms with E-state index in [1.807, 2.05) is 7.05 Å². The minimum absolute atomic E-state index is 0.308. The maximum absolute atomic E-state index is 11.9. The number of aromatic nitrogens is 1. The van der Waals surface area contributed by atoms with Crippen molar-refractivity contribution in [2.75, 3.05) is 20.3 Å². The van der Waals surface area contributed by atoms with Crippen molar-refractivity contribution in [3.63, 3.8) is 0 Å². The van der Waals surface area contributed by atoms with Crippen LogP contribution in [-0.2, 0) is 24.1 Å². The van der Waals surface area contributed by atoms with Crippen LogP contribution in [0.25, 0.3) is 0 Å². The Morgan fingerprint density at radius 3 is 2.78 bits per heavy atom. The van der Waals surface area contributed by atoms with Crippen molar-refractivity contribution < 1.29 is 13.5 Å². The first-order valence-electron chi connectivity index (χ1n) is 6.15. The molecule has 1 aromatic rings. The van der Waals surface area contributed by atoms with Gasteiger partial charge in [0.1, 0.15) is 6.61 Å². The number of aryl methyl sites for hydroxylation is 1. The molecule has 18 heavy (non-hydrogen) atoms. The molecule has 0 saturated carbocycles. The molecule has 0 fully saturated rings. The average molecular weight is 278 g/mol. The van der Waals surface area contributed by atoms with E-state index in [4.69, 9.17) is 4.74 Å². The summed E-state index contributed by atoms with van der Waals surface area (Å²) in [6.07, 6.45) is 0.238. The number of nitrogens with zero attached hydrogens (tertiary/aromatic N) is 1. The van der Waals surface area contributed by atoms with Crippen LogP contribution >= 0.6 is 11.3 Å². The molecular weight excluding hydrogens is 258 g/mol. The number of alkyl halides is 2. The maximum Gasteiger partial charge on any atom is 0.261 e. The third-order valence-corrected chi connectivity index (χ3v) is 3.51. The highest BCUT2D eigenvalue weighted by atomic mass is 32.1. The molecule has 3 nitrogen and oxygen atoms in total. The molecule has 0 unspecified atom stereocenters. The molecule has 0 amide bonds. The van der Waals surface area contributed by atoms with Crippen LogP contribution in [0.15, 0.2) is 0 Å². The van der Waals surface area contributed by atoms with Crippen LogP contribution in [0.5, 0.6) is 0 Å². The Morgan fingerprint density at radius 2 is 2.17 bits per heavy atom. The Hall–Kier alpha value is -0.590. The first kappa shape index (κ1) is 15.5. The van der Waals surface area contributed by atoms with Crippen LogP contribution in [0.4, 0.5) is 8.78 Å². The molecule has 6 heteroatoms. The van der Waals surface area contributed by atoms with Crippen molar-refractivity contribution in [3.05, 3.63) is 15.6 Å². The van der Waals surface area contributed by atoms with E-state index in [0.29, 0.717) is 13.0 Å². The summed E-state index contributed by atoms with van der Waals surface area (Å²) in [7, 11) is 1.90. The van der Waals surface area contributed by atoms with Crippen molar-refractivity contribution in [3.8, 4) is 0 Å². The fourth-order valence-corrected chi connectivity index (χ4v) is 2.71. The van der Waals surface area contributed by atoms with Gasteiger partial charge in [0, 0.05) is 17.8 Å². The monoisotopic (exact) mass is 278 g/mol. The van der Waals surface area contributed by atoms with Crippen LogP contribution in [-0.4, -0.2) is 31.7 Å². The molecule has 1 rings (SSSR count). The molecule has 1 aromatic heterocycles. The predicted molar refractivity (Wildman–Crippen MR) is 69.4 cm³/mol. The van der Waals surface area contributed by atoms with E-state index in [9.17, 15) is 8.78 Å². The van der Waals surface area contributed by atoms with Crippen molar-refractivity contribution in [2.24, 2.45) is 0 Å². The van der Waals surface area contributed by atoms with Gasteiger partial charge in [-0.05, 0) is 13.5 Å². The Morgan fingerprint density at radius 1 is 1.39 bits per heavy atom. The SMILES string of the molecule is CCCc1nc(CCOCC(F)F)sc1CNC. The van der Waals surface area contributed by atoms with Gasteiger partial charge in [-0.25, -0.2) is 13.8 Å². The zero-order valence-corrected chi connectivity index (χ0v) is 11.7. The molecule has 0 aromatic carbocycles. The smallest absolute Gasteiger partial charge is 0.261 e. The van der Waals surface area contributed by atoms with Crippen molar-refractivity contribution in [2.45, 2.75) is 39.2 Å². The maximum atomic E-state index is 11.9. The second kappa shape index (κ2) is 8.50. The normalized spacial score (nSPS) is 11.4. The second-order valence-corrected chi connectivity index (χ2v) is 5.14. The molecule has 0 spiro atoms. The fraction of sp³-hybridized carbons (Fsp3) is 0.750. The molecule has 0 bridgehead atoms. The molecule has 0 saturated heterocycles. The van der Waals surface area contributed by atoms with E-state index in [1.165, 1.54) is 4.88 Å². The van der Waals surface area contributed by atoms with Crippen LogP contribution in [0.2, 0.25) is 0 Å². The lowest BCUT2D eigenvalue weighted by atomic mass is 10.2. The third kappa shape index (κ3) is 5.37. The van der Waals surface area contributed by atoms with Gasteiger partial charge in [-0.1, -0.05) is 13.3 Å². The quantitative estimate of drug-likeness (QED) is 0.705.